The first-order valence-corrected chi connectivity index (χ1v) is 7.89. The van der Waals surface area contributed by atoms with E-state index in [0.717, 1.165) is 13.0 Å². The lowest BCUT2D eigenvalue weighted by Crippen LogP contribution is -2.58. The van der Waals surface area contributed by atoms with Crippen LogP contribution < -0.4 is 10.6 Å². The summed E-state index contributed by atoms with van der Waals surface area (Å²) in [7, 11) is 0. The van der Waals surface area contributed by atoms with Gasteiger partial charge in [0, 0.05) is 25.8 Å². The molecule has 1 atom stereocenters. The summed E-state index contributed by atoms with van der Waals surface area (Å²) in [6.45, 7) is 8.07. The molecule has 2 rings (SSSR count). The van der Waals surface area contributed by atoms with Crippen LogP contribution in [0, 0.1) is 5.92 Å². The zero-order valence-corrected chi connectivity index (χ0v) is 13.5. The predicted octanol–water partition coefficient (Wildman–Crippen LogP) is 1.67. The molecule has 0 aromatic carbocycles. The molecule has 1 aliphatic heterocycles. The Balaban J connectivity index is 2.00. The number of hydrogen-bond acceptors (Lipinski definition) is 3. The maximum atomic E-state index is 12.4. The van der Waals surface area contributed by atoms with E-state index in [2.05, 4.69) is 29.6 Å². The quantitative estimate of drug-likeness (QED) is 0.868. The van der Waals surface area contributed by atoms with Crippen LogP contribution in [0.1, 0.15) is 33.6 Å². The van der Waals surface area contributed by atoms with E-state index in [-0.39, 0.29) is 18.0 Å². The van der Waals surface area contributed by atoms with E-state index in [0.29, 0.717) is 31.1 Å². The van der Waals surface area contributed by atoms with Crippen molar-refractivity contribution >= 4 is 17.6 Å². The summed E-state index contributed by atoms with van der Waals surface area (Å²) in [6.07, 6.45) is 4.98. The molecule has 1 saturated heterocycles. The van der Waals surface area contributed by atoms with Gasteiger partial charge in [-0.15, -0.1) is 0 Å². The van der Waals surface area contributed by atoms with E-state index in [1.54, 1.807) is 11.1 Å². The number of piperazine rings is 1. The van der Waals surface area contributed by atoms with Gasteiger partial charge in [-0.25, -0.2) is 4.79 Å². The van der Waals surface area contributed by atoms with Gasteiger partial charge in [0.2, 0.25) is 5.91 Å². The van der Waals surface area contributed by atoms with E-state index in [1.807, 2.05) is 17.8 Å². The van der Waals surface area contributed by atoms with Crippen LogP contribution in [0.3, 0.4) is 0 Å². The molecule has 122 valence electrons. The number of nitrogens with one attached hydrogen (secondary N) is 2. The highest BCUT2D eigenvalue weighted by atomic mass is 16.2. The van der Waals surface area contributed by atoms with Crippen molar-refractivity contribution < 1.29 is 9.59 Å². The minimum absolute atomic E-state index is 0.0706. The fraction of sp³-hybridized carbons (Fsp3) is 0.667. The highest BCUT2D eigenvalue weighted by molar-refractivity contribution is 5.94. The second-order valence-corrected chi connectivity index (χ2v) is 6.06. The summed E-state index contributed by atoms with van der Waals surface area (Å²) in [4.78, 5) is 26.0. The van der Waals surface area contributed by atoms with Gasteiger partial charge in [0.1, 0.15) is 6.04 Å². The van der Waals surface area contributed by atoms with E-state index in [9.17, 15) is 9.59 Å². The van der Waals surface area contributed by atoms with Crippen LogP contribution in [0.25, 0.3) is 0 Å². The van der Waals surface area contributed by atoms with Gasteiger partial charge in [-0.1, -0.05) is 27.2 Å². The molecule has 2 heterocycles. The van der Waals surface area contributed by atoms with Crippen molar-refractivity contribution in [1.29, 1.82) is 0 Å². The van der Waals surface area contributed by atoms with Gasteiger partial charge in [-0.3, -0.25) is 9.48 Å². The third-order valence-corrected chi connectivity index (χ3v) is 3.59. The van der Waals surface area contributed by atoms with Crippen LogP contribution in [0.5, 0.6) is 0 Å². The Labute approximate surface area is 131 Å². The first-order chi connectivity index (χ1) is 10.5. The largest absolute Gasteiger partial charge is 0.353 e. The normalized spacial score (nSPS) is 18.5. The lowest BCUT2D eigenvalue weighted by atomic mass is 10.1. The summed E-state index contributed by atoms with van der Waals surface area (Å²) in [5.41, 5.74) is 0.659. The molecule has 1 fully saturated rings. The van der Waals surface area contributed by atoms with Gasteiger partial charge in [0.05, 0.1) is 11.9 Å². The summed E-state index contributed by atoms with van der Waals surface area (Å²) < 4.78 is 1.81. The molecule has 0 bridgehead atoms. The third-order valence-electron chi connectivity index (χ3n) is 3.59. The van der Waals surface area contributed by atoms with Gasteiger partial charge in [0.25, 0.3) is 0 Å². The zero-order chi connectivity index (χ0) is 16.1. The number of nitrogens with zero attached hydrogens (tertiary/aromatic N) is 3. The zero-order valence-electron chi connectivity index (χ0n) is 13.5. The van der Waals surface area contributed by atoms with Gasteiger partial charge in [-0.05, 0) is 12.3 Å². The monoisotopic (exact) mass is 307 g/mol. The maximum absolute atomic E-state index is 12.4. The molecule has 2 N–H and O–H groups in total. The van der Waals surface area contributed by atoms with E-state index in [4.69, 9.17) is 0 Å². The smallest absolute Gasteiger partial charge is 0.322 e. The number of rotatable bonds is 5. The number of carbonyl (C=O) groups is 2. The molecule has 1 aromatic rings. The summed E-state index contributed by atoms with van der Waals surface area (Å²) in [5, 5.41) is 9.88. The highest BCUT2D eigenvalue weighted by Gasteiger charge is 2.32. The molecular weight excluding hydrogens is 282 g/mol. The number of aromatic nitrogens is 2. The Bertz CT molecular complexity index is 526. The molecule has 7 nitrogen and oxygen atoms in total. The fourth-order valence-corrected chi connectivity index (χ4v) is 2.62. The van der Waals surface area contributed by atoms with Gasteiger partial charge >= 0.3 is 6.03 Å². The molecule has 1 aliphatic rings. The van der Waals surface area contributed by atoms with E-state index < -0.39 is 0 Å². The number of anilines is 1. The molecule has 0 radical (unpaired) electrons. The number of urea groups is 1. The first kappa shape index (κ1) is 16.3. The molecule has 22 heavy (non-hydrogen) atoms. The molecule has 0 spiro atoms. The van der Waals surface area contributed by atoms with Crippen molar-refractivity contribution in [2.45, 2.75) is 46.2 Å². The van der Waals surface area contributed by atoms with E-state index >= 15 is 0 Å². The average molecular weight is 307 g/mol. The van der Waals surface area contributed by atoms with Crippen molar-refractivity contribution in [3.63, 3.8) is 0 Å². The van der Waals surface area contributed by atoms with Crippen molar-refractivity contribution in [2.24, 2.45) is 5.92 Å². The number of carbonyl (C=O) groups excluding carboxylic acids is 2. The Hall–Kier alpha value is -2.05. The molecule has 0 aliphatic carbocycles. The van der Waals surface area contributed by atoms with Crippen LogP contribution in [-0.4, -0.2) is 45.8 Å². The lowest BCUT2D eigenvalue weighted by molar-refractivity contribution is -0.127. The Morgan fingerprint density at radius 1 is 1.55 bits per heavy atom. The van der Waals surface area contributed by atoms with Crippen LogP contribution >= 0.6 is 0 Å². The minimum Gasteiger partial charge on any atom is -0.353 e. The Morgan fingerprint density at radius 2 is 2.32 bits per heavy atom. The van der Waals surface area contributed by atoms with Crippen LogP contribution in [0.2, 0.25) is 0 Å². The lowest BCUT2D eigenvalue weighted by Gasteiger charge is -2.34. The molecule has 3 amide bonds. The van der Waals surface area contributed by atoms with Gasteiger partial charge in [0.15, 0.2) is 0 Å². The average Bonchev–Trinajstić information content (AvgIpc) is 2.87. The maximum Gasteiger partial charge on any atom is 0.322 e. The van der Waals surface area contributed by atoms with Crippen LogP contribution in [0.4, 0.5) is 10.5 Å². The van der Waals surface area contributed by atoms with E-state index in [1.165, 1.54) is 0 Å². The van der Waals surface area contributed by atoms with Crippen molar-refractivity contribution in [3.05, 3.63) is 12.4 Å². The Kier molecular flexibility index (Phi) is 5.41. The summed E-state index contributed by atoms with van der Waals surface area (Å²) in [5.74, 6) is 0.418. The molecule has 0 saturated carbocycles. The molecule has 0 unspecified atom stereocenters. The highest BCUT2D eigenvalue weighted by Crippen LogP contribution is 2.14. The first-order valence-electron chi connectivity index (χ1n) is 7.89. The van der Waals surface area contributed by atoms with Crippen molar-refractivity contribution in [1.82, 2.24) is 20.0 Å². The van der Waals surface area contributed by atoms with Crippen molar-refractivity contribution in [2.75, 3.05) is 18.4 Å². The molecule has 1 aromatic heterocycles. The fourth-order valence-electron chi connectivity index (χ4n) is 2.62. The summed E-state index contributed by atoms with van der Waals surface area (Å²) >= 11 is 0. The predicted molar refractivity (Wildman–Crippen MR) is 84.5 cm³/mol. The minimum atomic E-state index is -0.385. The van der Waals surface area contributed by atoms with Gasteiger partial charge in [-0.2, -0.15) is 5.10 Å². The van der Waals surface area contributed by atoms with Crippen LogP contribution in [0.15, 0.2) is 12.4 Å². The number of hydrogen-bond donors (Lipinski definition) is 2. The SMILES string of the molecule is CCC[C@H]1C(=O)NCCN1C(=O)Nc1cnn(CC(C)C)c1. The van der Waals surface area contributed by atoms with Gasteiger partial charge < -0.3 is 15.5 Å². The Morgan fingerprint density at radius 3 is 3.00 bits per heavy atom. The van der Waals surface area contributed by atoms with Crippen molar-refractivity contribution in [3.8, 4) is 0 Å². The molecule has 7 heteroatoms. The second-order valence-electron chi connectivity index (χ2n) is 6.06. The standard InChI is InChI=1S/C15H25N5O2/c1-4-5-13-14(21)16-6-7-20(13)15(22)18-12-8-17-19(10-12)9-11(2)3/h8,10-11,13H,4-7,9H2,1-3H3,(H,16,21)(H,18,22)/t13-/m0/s1. The second kappa shape index (κ2) is 7.29. The topological polar surface area (TPSA) is 79.3 Å². The summed E-state index contributed by atoms with van der Waals surface area (Å²) in [6, 6.07) is -0.623. The van der Waals surface area contributed by atoms with Crippen LogP contribution in [-0.2, 0) is 11.3 Å². The third kappa shape index (κ3) is 3.99. The molecular formula is C15H25N5O2. The number of amides is 3.